The predicted octanol–water partition coefficient (Wildman–Crippen LogP) is 1.55. The molecule has 2 heterocycles. The summed E-state index contributed by atoms with van der Waals surface area (Å²) in [5.74, 6) is -0.733. The van der Waals surface area contributed by atoms with Gasteiger partial charge in [-0.15, -0.1) is 18.9 Å². The Labute approximate surface area is 280 Å². The average molecular weight is 679 g/mol. The molecule has 0 aromatic carbocycles. The van der Waals surface area contributed by atoms with E-state index < -0.39 is 80.5 Å². The van der Waals surface area contributed by atoms with Crippen molar-refractivity contribution in [2.45, 2.75) is 105 Å². The molecule has 2 fully saturated rings. The molecular formula is C33H54N6O7S. The van der Waals surface area contributed by atoms with Gasteiger partial charge in [-0.2, -0.15) is 4.31 Å². The second kappa shape index (κ2) is 16.6. The standard InChI is InChI=1S/C33H54N6O7S/c1-10-13-15-23(26(40)29(42)34-17-11-2)35-28(41)25-22(12-3)16-19-39(25)30(43)27(33(7,8)9)37-31(44)36-24(32(4,5)6)21-38-18-14-20-47(38,45)46/h1,12,22-25,27H,3,11,13-21H2,2,4-9H3,(H,34,42)(H,35,41)(H2,36,37,44)/t22-,23?,24+,25-,27+/m0/s1. The monoisotopic (exact) mass is 678 g/mol. The normalized spacial score (nSPS) is 21.5. The first-order chi connectivity index (χ1) is 21.8. The molecule has 13 nitrogen and oxygen atoms in total. The fraction of sp³-hybridized carbons (Fsp3) is 0.727. The van der Waals surface area contributed by atoms with Gasteiger partial charge in [0.25, 0.3) is 5.91 Å². The van der Waals surface area contributed by atoms with E-state index in [-0.39, 0.29) is 31.7 Å². The second-order valence-corrected chi connectivity index (χ2v) is 16.5. The zero-order chi connectivity index (χ0) is 35.7. The maximum atomic E-state index is 14.2. The Bertz CT molecular complexity index is 1330. The van der Waals surface area contributed by atoms with Crippen molar-refractivity contribution in [3.8, 4) is 12.3 Å². The fourth-order valence-electron chi connectivity index (χ4n) is 5.67. The van der Waals surface area contributed by atoms with E-state index in [0.717, 1.165) is 0 Å². The summed E-state index contributed by atoms with van der Waals surface area (Å²) in [5, 5.41) is 10.9. The molecule has 0 aromatic rings. The molecule has 1 unspecified atom stereocenters. The maximum absolute atomic E-state index is 14.2. The van der Waals surface area contributed by atoms with Crippen LogP contribution in [0.4, 0.5) is 4.79 Å². The number of ketones is 1. The topological polar surface area (TPSA) is 174 Å². The van der Waals surface area contributed by atoms with Crippen LogP contribution < -0.4 is 21.3 Å². The van der Waals surface area contributed by atoms with E-state index in [0.29, 0.717) is 32.4 Å². The van der Waals surface area contributed by atoms with E-state index in [2.05, 4.69) is 33.8 Å². The lowest BCUT2D eigenvalue weighted by molar-refractivity contribution is -0.144. The van der Waals surface area contributed by atoms with Crippen LogP contribution >= 0.6 is 0 Å². The van der Waals surface area contributed by atoms with Crippen molar-refractivity contribution in [1.82, 2.24) is 30.5 Å². The van der Waals surface area contributed by atoms with E-state index in [9.17, 15) is 32.4 Å². The van der Waals surface area contributed by atoms with E-state index in [1.807, 2.05) is 27.7 Å². The summed E-state index contributed by atoms with van der Waals surface area (Å²) >= 11 is 0. The lowest BCUT2D eigenvalue weighted by Crippen LogP contribution is -2.62. The number of likely N-dealkylation sites (tertiary alicyclic amines) is 1. The molecule has 47 heavy (non-hydrogen) atoms. The number of rotatable bonds is 14. The summed E-state index contributed by atoms with van der Waals surface area (Å²) in [6.45, 7) is 17.7. The van der Waals surface area contributed by atoms with Gasteiger partial charge in [0.15, 0.2) is 0 Å². The highest BCUT2D eigenvalue weighted by molar-refractivity contribution is 7.89. The summed E-state index contributed by atoms with van der Waals surface area (Å²) in [7, 11) is -3.40. The van der Waals surface area contributed by atoms with E-state index in [1.165, 1.54) is 9.21 Å². The van der Waals surface area contributed by atoms with Gasteiger partial charge in [0.1, 0.15) is 12.1 Å². The summed E-state index contributed by atoms with van der Waals surface area (Å²) < 4.78 is 26.4. The van der Waals surface area contributed by atoms with Crippen molar-refractivity contribution in [3.63, 3.8) is 0 Å². The number of Topliss-reactive ketones (excluding diaryl/α,β-unsaturated/α-hetero) is 1. The first-order valence-corrected chi connectivity index (χ1v) is 17.9. The van der Waals surface area contributed by atoms with Crippen LogP contribution in [-0.2, 0) is 29.2 Å². The Balaban J connectivity index is 2.30. The van der Waals surface area contributed by atoms with E-state index >= 15 is 0 Å². The molecule has 0 radical (unpaired) electrons. The lowest BCUT2D eigenvalue weighted by Gasteiger charge is -2.38. The molecule has 14 heteroatoms. The SMILES string of the molecule is C#CCCC(NC(=O)[C@@H]1[C@@H](C=C)CCN1C(=O)[C@@H](NC(=O)N[C@H](CN1CCCS1(=O)=O)C(C)(C)C)C(C)(C)C)C(=O)C(=O)NCCC. The van der Waals surface area contributed by atoms with Crippen LogP contribution in [0, 0.1) is 29.1 Å². The molecule has 5 amide bonds. The van der Waals surface area contributed by atoms with E-state index in [1.54, 1.807) is 26.8 Å². The van der Waals surface area contributed by atoms with Gasteiger partial charge in [0.05, 0.1) is 11.8 Å². The Hall–Kier alpha value is -3.44. The highest BCUT2D eigenvalue weighted by Gasteiger charge is 2.46. The minimum Gasteiger partial charge on any atom is -0.349 e. The second-order valence-electron chi connectivity index (χ2n) is 14.5. The van der Waals surface area contributed by atoms with Crippen molar-refractivity contribution >= 4 is 39.6 Å². The van der Waals surface area contributed by atoms with Gasteiger partial charge in [-0.25, -0.2) is 13.2 Å². The first-order valence-electron chi connectivity index (χ1n) is 16.3. The molecule has 2 aliphatic rings. The number of urea groups is 1. The van der Waals surface area contributed by atoms with Crippen LogP contribution in [0.15, 0.2) is 12.7 Å². The zero-order valence-electron chi connectivity index (χ0n) is 29.0. The first kappa shape index (κ1) is 39.7. The van der Waals surface area contributed by atoms with Crippen LogP contribution in [0.3, 0.4) is 0 Å². The number of amides is 5. The Morgan fingerprint density at radius 3 is 2.19 bits per heavy atom. The Morgan fingerprint density at radius 1 is 1.02 bits per heavy atom. The van der Waals surface area contributed by atoms with Crippen molar-refractivity contribution in [3.05, 3.63) is 12.7 Å². The molecule has 0 bridgehead atoms. The highest BCUT2D eigenvalue weighted by atomic mass is 32.2. The molecule has 264 valence electrons. The molecular weight excluding hydrogens is 624 g/mol. The minimum absolute atomic E-state index is 0.0417. The molecule has 5 atom stereocenters. The number of nitrogens with one attached hydrogen (secondary N) is 4. The number of hydrogen-bond donors (Lipinski definition) is 4. The average Bonchev–Trinajstić information content (AvgIpc) is 3.56. The van der Waals surface area contributed by atoms with Gasteiger partial charge < -0.3 is 26.2 Å². The molecule has 0 aliphatic carbocycles. The smallest absolute Gasteiger partial charge is 0.315 e. The number of sulfonamides is 1. The summed E-state index contributed by atoms with van der Waals surface area (Å²) in [6, 6.07) is -4.51. The van der Waals surface area contributed by atoms with Crippen LogP contribution in [0.5, 0.6) is 0 Å². The number of nitrogens with zero attached hydrogens (tertiary/aromatic N) is 2. The van der Waals surface area contributed by atoms with Gasteiger partial charge in [-0.05, 0) is 36.5 Å². The Kier molecular flexibility index (Phi) is 14.0. The third-order valence-corrected chi connectivity index (χ3v) is 10.5. The van der Waals surface area contributed by atoms with Gasteiger partial charge in [-0.3, -0.25) is 19.2 Å². The molecule has 2 aliphatic heterocycles. The van der Waals surface area contributed by atoms with Gasteiger partial charge in [-0.1, -0.05) is 54.5 Å². The molecule has 2 saturated heterocycles. The van der Waals surface area contributed by atoms with Crippen molar-refractivity contribution < 1.29 is 32.4 Å². The van der Waals surface area contributed by atoms with Gasteiger partial charge >= 0.3 is 6.03 Å². The van der Waals surface area contributed by atoms with Crippen LogP contribution in [0.25, 0.3) is 0 Å². The zero-order valence-corrected chi connectivity index (χ0v) is 29.8. The predicted molar refractivity (Wildman–Crippen MR) is 180 cm³/mol. The van der Waals surface area contributed by atoms with Gasteiger partial charge in [0, 0.05) is 44.6 Å². The molecule has 0 saturated carbocycles. The maximum Gasteiger partial charge on any atom is 0.315 e. The van der Waals surface area contributed by atoms with Crippen LogP contribution in [0.1, 0.15) is 80.6 Å². The largest absolute Gasteiger partial charge is 0.349 e. The number of hydrogen-bond acceptors (Lipinski definition) is 7. The summed E-state index contributed by atoms with van der Waals surface area (Å²) in [5.41, 5.74) is -1.30. The third-order valence-electron chi connectivity index (χ3n) is 8.60. The molecule has 0 aromatic heterocycles. The van der Waals surface area contributed by atoms with Crippen molar-refractivity contribution in [2.75, 3.05) is 31.9 Å². The summed E-state index contributed by atoms with van der Waals surface area (Å²) in [4.78, 5) is 68.2. The van der Waals surface area contributed by atoms with Crippen molar-refractivity contribution in [1.29, 1.82) is 0 Å². The lowest BCUT2D eigenvalue weighted by atomic mass is 9.85. The number of carbonyl (C=O) groups is 5. The number of carbonyl (C=O) groups excluding carboxylic acids is 5. The highest BCUT2D eigenvalue weighted by Crippen LogP contribution is 2.30. The van der Waals surface area contributed by atoms with Gasteiger partial charge in [0.2, 0.25) is 27.6 Å². The van der Waals surface area contributed by atoms with Crippen LogP contribution in [0.2, 0.25) is 0 Å². The molecule has 0 spiro atoms. The number of terminal acetylenes is 1. The van der Waals surface area contributed by atoms with Crippen molar-refractivity contribution in [2.24, 2.45) is 16.7 Å². The third kappa shape index (κ3) is 10.8. The van der Waals surface area contributed by atoms with E-state index in [4.69, 9.17) is 6.42 Å². The van der Waals surface area contributed by atoms with Crippen LogP contribution in [-0.4, -0.2) is 103 Å². The summed E-state index contributed by atoms with van der Waals surface area (Å²) in [6.07, 6.45) is 8.73. The minimum atomic E-state index is -3.40. The Morgan fingerprint density at radius 2 is 1.68 bits per heavy atom. The fourth-order valence-corrected chi connectivity index (χ4v) is 7.20. The molecule has 2 rings (SSSR count). The molecule has 4 N–H and O–H groups in total. The quantitative estimate of drug-likeness (QED) is 0.123.